The molecular formula is C26H19F2I. The lowest BCUT2D eigenvalue weighted by atomic mass is 9.95. The molecule has 0 aliphatic heterocycles. The lowest BCUT2D eigenvalue weighted by molar-refractivity contribution is 0.627. The molecule has 0 heterocycles. The molecule has 0 N–H and O–H groups in total. The van der Waals surface area contributed by atoms with E-state index in [0.29, 0.717) is 0 Å². The van der Waals surface area contributed by atoms with Crippen molar-refractivity contribution in [1.82, 2.24) is 0 Å². The van der Waals surface area contributed by atoms with Crippen LogP contribution < -0.4 is 0 Å². The predicted octanol–water partition coefficient (Wildman–Crippen LogP) is 7.80. The van der Waals surface area contributed by atoms with E-state index in [4.69, 9.17) is 0 Å². The summed E-state index contributed by atoms with van der Waals surface area (Å²) in [4.78, 5) is 0. The Morgan fingerprint density at radius 2 is 1.03 bits per heavy atom. The SMILES string of the molecule is Cc1cc(-c2ccc(F)cc2)ccc1Cc1ccc(-c2ccc(F)cc2)cc1I. The molecule has 3 heteroatoms. The average Bonchev–Trinajstić information content (AvgIpc) is 2.72. The molecule has 0 saturated heterocycles. The third-order valence-corrected chi connectivity index (χ3v) is 6.14. The first-order valence-electron chi connectivity index (χ1n) is 9.39. The highest BCUT2D eigenvalue weighted by Crippen LogP contribution is 2.28. The molecule has 4 aromatic carbocycles. The van der Waals surface area contributed by atoms with Crippen molar-refractivity contribution in [3.63, 3.8) is 0 Å². The van der Waals surface area contributed by atoms with Crippen LogP contribution in [0.5, 0.6) is 0 Å². The van der Waals surface area contributed by atoms with Gasteiger partial charge in [0.15, 0.2) is 0 Å². The molecule has 0 nitrogen and oxygen atoms in total. The Morgan fingerprint density at radius 3 is 1.52 bits per heavy atom. The number of aryl methyl sites for hydroxylation is 1. The minimum Gasteiger partial charge on any atom is -0.207 e. The first-order valence-corrected chi connectivity index (χ1v) is 10.5. The molecule has 0 fully saturated rings. The van der Waals surface area contributed by atoms with Crippen molar-refractivity contribution in [2.24, 2.45) is 0 Å². The highest BCUT2D eigenvalue weighted by Gasteiger charge is 2.08. The summed E-state index contributed by atoms with van der Waals surface area (Å²) in [5, 5.41) is 0. The fourth-order valence-corrected chi connectivity index (χ4v) is 4.14. The molecule has 4 aromatic rings. The molecule has 144 valence electrons. The van der Waals surface area contributed by atoms with E-state index in [0.717, 1.165) is 28.7 Å². The van der Waals surface area contributed by atoms with E-state index >= 15 is 0 Å². The monoisotopic (exact) mass is 496 g/mol. The number of halogens is 3. The van der Waals surface area contributed by atoms with Crippen molar-refractivity contribution in [3.05, 3.63) is 117 Å². The van der Waals surface area contributed by atoms with Gasteiger partial charge in [-0.3, -0.25) is 0 Å². The maximum absolute atomic E-state index is 13.2. The van der Waals surface area contributed by atoms with Crippen molar-refractivity contribution < 1.29 is 8.78 Å². The third kappa shape index (κ3) is 4.56. The quantitative estimate of drug-likeness (QED) is 0.253. The summed E-state index contributed by atoms with van der Waals surface area (Å²) >= 11 is 2.37. The van der Waals surface area contributed by atoms with Crippen molar-refractivity contribution in [1.29, 1.82) is 0 Å². The van der Waals surface area contributed by atoms with Gasteiger partial charge in [0.1, 0.15) is 11.6 Å². The Hall–Kier alpha value is -2.53. The number of benzene rings is 4. The maximum atomic E-state index is 13.2. The molecule has 0 unspecified atom stereocenters. The fraction of sp³-hybridized carbons (Fsp3) is 0.0769. The van der Waals surface area contributed by atoms with Gasteiger partial charge >= 0.3 is 0 Å². The van der Waals surface area contributed by atoms with Crippen LogP contribution >= 0.6 is 22.6 Å². The van der Waals surface area contributed by atoms with Crippen LogP contribution in [0.1, 0.15) is 16.7 Å². The zero-order chi connectivity index (χ0) is 20.4. The minimum absolute atomic E-state index is 0.222. The van der Waals surface area contributed by atoms with Gasteiger partial charge in [-0.25, -0.2) is 8.78 Å². The van der Waals surface area contributed by atoms with Crippen LogP contribution in [0.4, 0.5) is 8.78 Å². The summed E-state index contributed by atoms with van der Waals surface area (Å²) in [6, 6.07) is 26.0. The normalized spacial score (nSPS) is 10.9. The van der Waals surface area contributed by atoms with E-state index in [1.165, 1.54) is 44.5 Å². The van der Waals surface area contributed by atoms with Crippen LogP contribution in [0.25, 0.3) is 22.3 Å². The second-order valence-corrected chi connectivity index (χ2v) is 8.30. The Kier molecular flexibility index (Phi) is 5.76. The van der Waals surface area contributed by atoms with Gasteiger partial charge in [-0.1, -0.05) is 54.6 Å². The van der Waals surface area contributed by atoms with E-state index in [-0.39, 0.29) is 11.6 Å². The van der Waals surface area contributed by atoms with Crippen LogP contribution in [-0.2, 0) is 6.42 Å². The van der Waals surface area contributed by atoms with Gasteiger partial charge < -0.3 is 0 Å². The van der Waals surface area contributed by atoms with Crippen LogP contribution in [0, 0.1) is 22.1 Å². The van der Waals surface area contributed by atoms with Gasteiger partial charge in [-0.15, -0.1) is 0 Å². The summed E-state index contributed by atoms with van der Waals surface area (Å²) in [5.74, 6) is -0.444. The van der Waals surface area contributed by atoms with Crippen molar-refractivity contribution >= 4 is 22.6 Å². The Bertz CT molecular complexity index is 1050. The average molecular weight is 496 g/mol. The van der Waals surface area contributed by atoms with Crippen molar-refractivity contribution in [3.8, 4) is 22.3 Å². The molecular weight excluding hydrogens is 477 g/mol. The predicted molar refractivity (Wildman–Crippen MR) is 124 cm³/mol. The summed E-state index contributed by atoms with van der Waals surface area (Å²) in [6.45, 7) is 2.11. The second-order valence-electron chi connectivity index (χ2n) is 7.14. The first-order chi connectivity index (χ1) is 14.0. The summed E-state index contributed by atoms with van der Waals surface area (Å²) in [6.07, 6.45) is 0.845. The van der Waals surface area contributed by atoms with Crippen molar-refractivity contribution in [2.75, 3.05) is 0 Å². The van der Waals surface area contributed by atoms with Gasteiger partial charge in [0.25, 0.3) is 0 Å². The molecule has 0 saturated carbocycles. The van der Waals surface area contributed by atoms with E-state index in [1.807, 2.05) is 0 Å². The Balaban J connectivity index is 1.57. The highest BCUT2D eigenvalue weighted by molar-refractivity contribution is 14.1. The van der Waals surface area contributed by atoms with Crippen LogP contribution in [0.2, 0.25) is 0 Å². The minimum atomic E-state index is -0.223. The Labute approximate surface area is 183 Å². The molecule has 0 amide bonds. The third-order valence-electron chi connectivity index (χ3n) is 5.13. The van der Waals surface area contributed by atoms with E-state index in [1.54, 1.807) is 24.3 Å². The Morgan fingerprint density at radius 1 is 0.586 bits per heavy atom. The smallest absolute Gasteiger partial charge is 0.123 e. The topological polar surface area (TPSA) is 0 Å². The van der Waals surface area contributed by atoms with Gasteiger partial charge in [0.05, 0.1) is 0 Å². The van der Waals surface area contributed by atoms with Crippen LogP contribution in [0.3, 0.4) is 0 Å². The summed E-state index contributed by atoms with van der Waals surface area (Å²) < 4.78 is 27.5. The van der Waals surface area contributed by atoms with E-state index in [2.05, 4.69) is 65.9 Å². The largest absolute Gasteiger partial charge is 0.207 e. The summed E-state index contributed by atoms with van der Waals surface area (Å²) in [7, 11) is 0. The molecule has 0 spiro atoms. The van der Waals surface area contributed by atoms with Gasteiger partial charge in [-0.2, -0.15) is 0 Å². The molecule has 0 aliphatic rings. The standard InChI is InChI=1S/C26H19F2I/c1-17-14-21(18-6-10-24(27)11-7-18)3-2-20(17)15-23-5-4-22(16-26(23)29)19-8-12-25(28)13-9-19/h2-14,16H,15H2,1H3. The van der Waals surface area contributed by atoms with E-state index in [9.17, 15) is 8.78 Å². The van der Waals surface area contributed by atoms with Gasteiger partial charge in [0.2, 0.25) is 0 Å². The van der Waals surface area contributed by atoms with Crippen LogP contribution in [0.15, 0.2) is 84.9 Å². The first kappa shape index (κ1) is 19.8. The molecule has 0 aliphatic carbocycles. The molecule has 4 rings (SSSR count). The summed E-state index contributed by atoms with van der Waals surface area (Å²) in [5.41, 5.74) is 7.94. The molecule has 29 heavy (non-hydrogen) atoms. The van der Waals surface area contributed by atoms with Crippen LogP contribution in [-0.4, -0.2) is 0 Å². The lowest BCUT2D eigenvalue weighted by Crippen LogP contribution is -1.96. The van der Waals surface area contributed by atoms with E-state index < -0.39 is 0 Å². The zero-order valence-corrected chi connectivity index (χ0v) is 18.1. The molecule has 0 radical (unpaired) electrons. The molecule has 0 aromatic heterocycles. The molecule has 0 atom stereocenters. The fourth-order valence-electron chi connectivity index (χ4n) is 3.43. The zero-order valence-electron chi connectivity index (χ0n) is 15.9. The maximum Gasteiger partial charge on any atom is 0.123 e. The molecule has 0 bridgehead atoms. The van der Waals surface area contributed by atoms with Gasteiger partial charge in [0, 0.05) is 3.57 Å². The number of hydrogen-bond donors (Lipinski definition) is 0. The lowest BCUT2D eigenvalue weighted by Gasteiger charge is -2.12. The highest BCUT2D eigenvalue weighted by atomic mass is 127. The number of rotatable bonds is 4. The van der Waals surface area contributed by atoms with Gasteiger partial charge in [-0.05, 0) is 105 Å². The second kappa shape index (κ2) is 8.46. The number of hydrogen-bond acceptors (Lipinski definition) is 0. The van der Waals surface area contributed by atoms with Crippen molar-refractivity contribution in [2.45, 2.75) is 13.3 Å².